The molecular formula is C41H30N10O21S5. The Morgan fingerprint density at radius 3 is 1.79 bits per heavy atom. The minimum Gasteiger partial charge on any atom is -0.506 e. The molecule has 6 aromatic carbocycles. The van der Waals surface area contributed by atoms with Gasteiger partial charge in [-0.25, -0.2) is 4.79 Å². The van der Waals surface area contributed by atoms with Gasteiger partial charge in [-0.2, -0.15) is 57.4 Å². The lowest BCUT2D eigenvalue weighted by atomic mass is 9.96. The molecule has 0 atom stereocenters. The summed E-state index contributed by atoms with van der Waals surface area (Å²) in [5, 5.41) is 71.7. The largest absolute Gasteiger partial charge is 0.506 e. The van der Waals surface area contributed by atoms with Gasteiger partial charge in [-0.3, -0.25) is 32.9 Å². The van der Waals surface area contributed by atoms with Crippen LogP contribution < -0.4 is 5.73 Å². The number of nitro groups is 1. The number of benzene rings is 6. The molecule has 0 heterocycles. The van der Waals surface area contributed by atoms with Crippen molar-refractivity contribution in [2.75, 3.05) is 5.73 Å². The third-order valence-corrected chi connectivity index (χ3v) is 14.0. The SMILES string of the molecule is C=Cc1cc(N=Nc2ccc3c(O)c(N=Nc4ccc(N=Nc5ccc(S(=O)(=O)O)cc5)cc4S(=O)(=O)O)c(S(=O)(=O)O)cc3c2S(=O)(=O)O)c(N)c(/C(O)=C/N=Nc2cc([N+](=O)[O-])ccc2C(=O)O)c1/C=C/S(=O)(=O)O. The number of anilines is 1. The number of azo groups is 4. The smallest absolute Gasteiger partial charge is 0.337 e. The highest BCUT2D eigenvalue weighted by atomic mass is 32.2. The minimum absolute atomic E-state index is 0.00520. The van der Waals surface area contributed by atoms with Gasteiger partial charge in [0.05, 0.1) is 49.6 Å². The second kappa shape index (κ2) is 21.7. The lowest BCUT2D eigenvalue weighted by Gasteiger charge is -2.15. The Balaban J connectivity index is 1.48. The molecule has 0 aliphatic carbocycles. The topological polar surface area (TPSA) is 518 Å². The number of nitro benzene ring substituents is 1. The number of nitrogens with two attached hydrogens (primary N) is 1. The number of hydrogen-bond donors (Lipinski definition) is 9. The molecule has 0 fully saturated rings. The first-order chi connectivity index (χ1) is 35.7. The van der Waals surface area contributed by atoms with Crippen molar-refractivity contribution in [3.05, 3.63) is 135 Å². The number of aliphatic hydroxyl groups is 1. The van der Waals surface area contributed by atoms with Crippen LogP contribution in [-0.4, -0.2) is 91.1 Å². The summed E-state index contributed by atoms with van der Waals surface area (Å²) in [7, 11) is -25.9. The Morgan fingerprint density at radius 1 is 0.623 bits per heavy atom. The third-order valence-electron chi connectivity index (χ3n) is 9.93. The van der Waals surface area contributed by atoms with Crippen LogP contribution in [0.1, 0.15) is 27.0 Å². The van der Waals surface area contributed by atoms with Crippen LogP contribution in [0.25, 0.3) is 28.7 Å². The molecule has 6 aromatic rings. The number of aromatic carboxylic acids is 1. The van der Waals surface area contributed by atoms with Crippen molar-refractivity contribution in [2.24, 2.45) is 40.9 Å². The summed E-state index contributed by atoms with van der Waals surface area (Å²) in [6.07, 6.45) is 2.27. The number of nitrogen functional groups attached to an aromatic ring is 1. The van der Waals surface area contributed by atoms with Gasteiger partial charge in [0, 0.05) is 22.9 Å². The predicted octanol–water partition coefficient (Wildman–Crippen LogP) is 9.11. The lowest BCUT2D eigenvalue weighted by molar-refractivity contribution is -0.384. The van der Waals surface area contributed by atoms with Gasteiger partial charge in [0.25, 0.3) is 56.3 Å². The van der Waals surface area contributed by atoms with Gasteiger partial charge < -0.3 is 21.1 Å². The van der Waals surface area contributed by atoms with Crippen molar-refractivity contribution in [1.82, 2.24) is 0 Å². The normalized spacial score (nSPS) is 13.2. The van der Waals surface area contributed by atoms with Gasteiger partial charge in [-0.05, 0) is 90.0 Å². The molecule has 6 rings (SSSR count). The van der Waals surface area contributed by atoms with Crippen LogP contribution in [0.2, 0.25) is 0 Å². The van der Waals surface area contributed by atoms with Crippen LogP contribution in [0.5, 0.6) is 5.75 Å². The lowest BCUT2D eigenvalue weighted by Crippen LogP contribution is -2.03. The summed E-state index contributed by atoms with van der Waals surface area (Å²) in [6.45, 7) is 3.58. The Morgan fingerprint density at radius 2 is 1.22 bits per heavy atom. The van der Waals surface area contributed by atoms with Crippen LogP contribution in [0.3, 0.4) is 0 Å². The number of phenolic OH excluding ortho intramolecular Hbond substituents is 1. The number of phenols is 1. The quantitative estimate of drug-likeness (QED) is 0.00966. The van der Waals surface area contributed by atoms with E-state index in [-0.39, 0.29) is 27.9 Å². The van der Waals surface area contributed by atoms with Crippen molar-refractivity contribution in [1.29, 1.82) is 0 Å². The van der Waals surface area contributed by atoms with Gasteiger partial charge >= 0.3 is 5.97 Å². The van der Waals surface area contributed by atoms with E-state index in [1.807, 2.05) is 0 Å². The number of nitrogens with zero attached hydrogens (tertiary/aromatic N) is 9. The Labute approximate surface area is 431 Å². The van der Waals surface area contributed by atoms with Crippen LogP contribution >= 0.6 is 0 Å². The first kappa shape index (κ1) is 57.3. The summed E-state index contributed by atoms with van der Waals surface area (Å²) in [5.74, 6) is -3.89. The Hall–Kier alpha value is -8.98. The maximum absolute atomic E-state index is 13.1. The van der Waals surface area contributed by atoms with E-state index in [2.05, 4.69) is 47.5 Å². The molecule has 0 aliphatic rings. The molecular weight excluding hydrogens is 1130 g/mol. The minimum atomic E-state index is -5.62. The number of non-ortho nitro benzene ring substituents is 1. The molecule has 10 N–H and O–H groups in total. The van der Waals surface area contributed by atoms with Crippen molar-refractivity contribution in [3.63, 3.8) is 0 Å². The summed E-state index contributed by atoms with van der Waals surface area (Å²) in [6, 6.07) is 12.3. The molecule has 0 bridgehead atoms. The molecule has 36 heteroatoms. The average Bonchev–Trinajstić information content (AvgIpc) is 3.32. The van der Waals surface area contributed by atoms with E-state index in [0.717, 1.165) is 84.9 Å². The fourth-order valence-corrected chi connectivity index (χ4v) is 9.48. The standard InChI is InChI=1S/C41H30N10O21S5/c1-2-20-15-32(37(42)36(25(20)13-14-73(58,59)60)33(52)19-43-46-31-17-23(51(56)57)6-9-27(31)41(54)55)49-48-30-12-10-26-28(40(30)77(70,71)72)18-35(76(67,68)69)38(39(26)53)50-47-29-11-5-22(16-34(29)75(64,65)66)45-44-21-3-7-24(8-4-21)74(61,62)63/h2-19,52-53H,1,42H2,(H,54,55)(H,58,59,60)(H,61,62,63)(H,64,65,66)(H,67,68,69)(H,70,71,72)/b14-13+,33-19-,45-44?,46-43?,49-48?,50-47?. The summed E-state index contributed by atoms with van der Waals surface area (Å²) >= 11 is 0. The number of carboxylic acids is 1. The van der Waals surface area contributed by atoms with E-state index >= 15 is 0 Å². The average molecular weight is 1160 g/mol. The summed E-state index contributed by atoms with van der Waals surface area (Å²) < 4.78 is 172. The number of hydrogen-bond acceptors (Lipinski definition) is 24. The number of aliphatic hydroxyl groups excluding tert-OH is 1. The monoisotopic (exact) mass is 1160 g/mol. The van der Waals surface area contributed by atoms with Crippen LogP contribution in [0, 0.1) is 10.1 Å². The molecule has 400 valence electrons. The first-order valence-corrected chi connectivity index (χ1v) is 27.2. The van der Waals surface area contributed by atoms with Crippen molar-refractivity contribution in [2.45, 2.75) is 19.6 Å². The number of rotatable bonds is 18. The van der Waals surface area contributed by atoms with Crippen molar-refractivity contribution < 1.29 is 89.9 Å². The number of carboxylic acid groups (broad SMARTS) is 1. The zero-order chi connectivity index (χ0) is 57.2. The van der Waals surface area contributed by atoms with Gasteiger partial charge in [-0.15, -0.1) is 25.6 Å². The molecule has 0 amide bonds. The molecule has 0 aromatic heterocycles. The van der Waals surface area contributed by atoms with Gasteiger partial charge in [0.2, 0.25) is 0 Å². The van der Waals surface area contributed by atoms with E-state index in [1.54, 1.807) is 0 Å². The maximum atomic E-state index is 13.1. The van der Waals surface area contributed by atoms with Gasteiger partial charge in [-0.1, -0.05) is 12.7 Å². The van der Waals surface area contributed by atoms with Crippen molar-refractivity contribution >= 4 is 136 Å². The number of aromatic hydroxyl groups is 1. The molecule has 0 unspecified atom stereocenters. The third kappa shape index (κ3) is 13.5. The zero-order valence-electron chi connectivity index (χ0n) is 37.6. The van der Waals surface area contributed by atoms with Crippen molar-refractivity contribution in [3.8, 4) is 5.75 Å². The number of carbonyl (C=O) groups is 1. The highest BCUT2D eigenvalue weighted by molar-refractivity contribution is 7.89. The van der Waals surface area contributed by atoms with Crippen LogP contribution in [0.4, 0.5) is 51.2 Å². The van der Waals surface area contributed by atoms with Gasteiger partial charge in [0.15, 0.2) is 5.75 Å². The predicted molar refractivity (Wildman–Crippen MR) is 267 cm³/mol. The molecule has 0 aliphatic heterocycles. The molecule has 0 radical (unpaired) electrons. The highest BCUT2D eigenvalue weighted by Gasteiger charge is 2.29. The van der Waals surface area contributed by atoms with Crippen LogP contribution in [-0.2, 0) is 50.6 Å². The molecule has 0 saturated carbocycles. The fourth-order valence-electron chi connectivity index (χ4n) is 6.58. The van der Waals surface area contributed by atoms with E-state index in [4.69, 9.17) is 10.3 Å². The van der Waals surface area contributed by atoms with Gasteiger partial charge in [0.1, 0.15) is 48.9 Å². The zero-order valence-corrected chi connectivity index (χ0v) is 41.7. The Kier molecular flexibility index (Phi) is 16.1. The van der Waals surface area contributed by atoms with E-state index in [0.29, 0.717) is 18.3 Å². The number of fused-ring (bicyclic) bond motifs is 1. The highest BCUT2D eigenvalue weighted by Crippen LogP contribution is 2.46. The second-order valence-electron chi connectivity index (χ2n) is 14.9. The second-order valence-corrected chi connectivity index (χ2v) is 21.8. The molecule has 0 spiro atoms. The molecule has 77 heavy (non-hydrogen) atoms. The maximum Gasteiger partial charge on any atom is 0.337 e. The molecule has 31 nitrogen and oxygen atoms in total. The van der Waals surface area contributed by atoms with E-state index < -0.39 is 154 Å². The fraction of sp³-hybridized carbons (Fsp3) is 0. The molecule has 0 saturated heterocycles. The van der Waals surface area contributed by atoms with E-state index in [9.17, 15) is 90.5 Å². The Bertz CT molecular complexity index is 4300. The van der Waals surface area contributed by atoms with Crippen LogP contribution in [0.15, 0.2) is 164 Å². The first-order valence-electron chi connectivity index (χ1n) is 20.0. The van der Waals surface area contributed by atoms with E-state index in [1.165, 1.54) is 0 Å². The summed E-state index contributed by atoms with van der Waals surface area (Å²) in [5.41, 5.74) is -0.764. The summed E-state index contributed by atoms with van der Waals surface area (Å²) in [4.78, 5) is 17.9.